The summed E-state index contributed by atoms with van der Waals surface area (Å²) in [6.45, 7) is 7.90. The molecule has 0 bridgehead atoms. The molecule has 1 aliphatic rings. The maximum atomic E-state index is 11.7. The molecule has 22 heavy (non-hydrogen) atoms. The molecule has 3 heterocycles. The number of rotatable bonds is 2. The van der Waals surface area contributed by atoms with Gasteiger partial charge in [-0.1, -0.05) is 0 Å². The number of hydrogen-bond donors (Lipinski definition) is 0. The van der Waals surface area contributed by atoms with Crippen LogP contribution in [0.5, 0.6) is 0 Å². The number of nitrogens with zero attached hydrogens (tertiary/aromatic N) is 4. The topological polar surface area (TPSA) is 79.1 Å². The van der Waals surface area contributed by atoms with Crippen molar-refractivity contribution in [1.29, 1.82) is 0 Å². The van der Waals surface area contributed by atoms with Crippen LogP contribution in [0.2, 0.25) is 0 Å². The van der Waals surface area contributed by atoms with Gasteiger partial charge >= 0.3 is 7.12 Å². The maximum Gasteiger partial charge on any atom is 0.516 e. The summed E-state index contributed by atoms with van der Waals surface area (Å²) in [6.07, 6.45) is 4.54. The van der Waals surface area contributed by atoms with Gasteiger partial charge in [0.1, 0.15) is 0 Å². The minimum Gasteiger partial charge on any atom is -0.398 e. The lowest BCUT2D eigenvalue weighted by Crippen LogP contribution is -2.41. The minimum absolute atomic E-state index is 0.264. The maximum absolute atomic E-state index is 11.7. The summed E-state index contributed by atoms with van der Waals surface area (Å²) in [5.74, 6) is 0.353. The molecule has 0 atom stereocenters. The third-order valence-corrected chi connectivity index (χ3v) is 4.09. The molecule has 0 aliphatic carbocycles. The van der Waals surface area contributed by atoms with Crippen LogP contribution in [-0.2, 0) is 9.31 Å². The van der Waals surface area contributed by atoms with Crippen LogP contribution in [-0.4, -0.2) is 38.1 Å². The van der Waals surface area contributed by atoms with Crippen LogP contribution in [0.1, 0.15) is 27.7 Å². The summed E-state index contributed by atoms with van der Waals surface area (Å²) in [6, 6.07) is 2.99. The Morgan fingerprint density at radius 1 is 1.09 bits per heavy atom. The van der Waals surface area contributed by atoms with Gasteiger partial charge in [0.05, 0.1) is 23.0 Å². The van der Waals surface area contributed by atoms with Gasteiger partial charge in [-0.2, -0.15) is 9.78 Å². The fourth-order valence-electron chi connectivity index (χ4n) is 2.06. The van der Waals surface area contributed by atoms with Crippen LogP contribution >= 0.6 is 0 Å². The lowest BCUT2D eigenvalue weighted by Gasteiger charge is -2.32. The van der Waals surface area contributed by atoms with E-state index in [0.29, 0.717) is 11.4 Å². The average Bonchev–Trinajstić information content (AvgIpc) is 2.68. The molecule has 0 aromatic carbocycles. The summed E-state index contributed by atoms with van der Waals surface area (Å²) >= 11 is 0. The second kappa shape index (κ2) is 5.00. The van der Waals surface area contributed by atoms with Crippen molar-refractivity contribution in [2.75, 3.05) is 0 Å². The predicted molar refractivity (Wildman–Crippen MR) is 81.1 cm³/mol. The first-order valence-electron chi connectivity index (χ1n) is 7.02. The Labute approximate surface area is 128 Å². The molecule has 1 fully saturated rings. The molecule has 8 heteroatoms. The normalized spacial score (nSPS) is 19.4. The van der Waals surface area contributed by atoms with Crippen molar-refractivity contribution in [1.82, 2.24) is 19.7 Å². The van der Waals surface area contributed by atoms with Gasteiger partial charge < -0.3 is 9.31 Å². The van der Waals surface area contributed by atoms with Gasteiger partial charge in [0, 0.05) is 18.5 Å². The van der Waals surface area contributed by atoms with E-state index in [4.69, 9.17) is 9.31 Å². The van der Waals surface area contributed by atoms with Gasteiger partial charge in [-0.15, -0.1) is 0 Å². The zero-order valence-corrected chi connectivity index (χ0v) is 13.0. The van der Waals surface area contributed by atoms with E-state index in [1.165, 1.54) is 23.1 Å². The quantitative estimate of drug-likeness (QED) is 0.743. The van der Waals surface area contributed by atoms with Crippen molar-refractivity contribution >= 4 is 12.7 Å². The van der Waals surface area contributed by atoms with E-state index in [0.717, 1.165) is 0 Å². The Morgan fingerprint density at radius 3 is 2.32 bits per heavy atom. The summed E-state index contributed by atoms with van der Waals surface area (Å²) in [5.41, 5.74) is -0.571. The van der Waals surface area contributed by atoms with Gasteiger partial charge in [0.15, 0.2) is 5.82 Å². The van der Waals surface area contributed by atoms with Crippen molar-refractivity contribution in [3.63, 3.8) is 0 Å². The smallest absolute Gasteiger partial charge is 0.398 e. The highest BCUT2D eigenvalue weighted by Crippen LogP contribution is 2.36. The minimum atomic E-state index is -0.577. The van der Waals surface area contributed by atoms with E-state index in [9.17, 15) is 4.79 Å². The first-order chi connectivity index (χ1) is 10.3. The molecular formula is C14H17BN4O3. The molecule has 1 aliphatic heterocycles. The highest BCUT2D eigenvalue weighted by atomic mass is 16.7. The van der Waals surface area contributed by atoms with Crippen LogP contribution in [0.25, 0.3) is 5.82 Å². The van der Waals surface area contributed by atoms with Gasteiger partial charge in [0.25, 0.3) is 5.56 Å². The van der Waals surface area contributed by atoms with E-state index < -0.39 is 18.3 Å². The Balaban J connectivity index is 1.88. The second-order valence-electron chi connectivity index (χ2n) is 6.16. The lowest BCUT2D eigenvalue weighted by molar-refractivity contribution is 0.00578. The molecule has 1 saturated heterocycles. The van der Waals surface area contributed by atoms with Crippen molar-refractivity contribution in [2.24, 2.45) is 0 Å². The van der Waals surface area contributed by atoms with Crippen LogP contribution in [0.15, 0.2) is 35.5 Å². The van der Waals surface area contributed by atoms with Crippen LogP contribution in [0.3, 0.4) is 0 Å². The van der Waals surface area contributed by atoms with Crippen molar-refractivity contribution in [3.8, 4) is 5.82 Å². The van der Waals surface area contributed by atoms with E-state index in [-0.39, 0.29) is 5.56 Å². The third-order valence-electron chi connectivity index (χ3n) is 4.09. The summed E-state index contributed by atoms with van der Waals surface area (Å²) in [4.78, 5) is 20.2. The fraction of sp³-hybridized carbons (Fsp3) is 0.429. The van der Waals surface area contributed by atoms with Crippen molar-refractivity contribution in [3.05, 3.63) is 41.1 Å². The van der Waals surface area contributed by atoms with E-state index in [1.807, 2.05) is 27.7 Å². The fourth-order valence-corrected chi connectivity index (χ4v) is 2.06. The Bertz CT molecular complexity index is 726. The van der Waals surface area contributed by atoms with Gasteiger partial charge in [-0.25, -0.2) is 4.98 Å². The van der Waals surface area contributed by atoms with Gasteiger partial charge in [-0.3, -0.25) is 9.78 Å². The molecule has 114 valence electrons. The number of hydrogen-bond acceptors (Lipinski definition) is 6. The standard InChI is InChI=1S/C14H17BN4O3/c1-13(2)14(3,4)22-15(21-13)10-8-17-11(9-16-10)19-12(20)6-5-7-18-19/h5-9H,1-4H3. The Kier molecular flexibility index (Phi) is 3.38. The van der Waals surface area contributed by atoms with Crippen molar-refractivity contribution in [2.45, 2.75) is 38.9 Å². The zero-order valence-electron chi connectivity index (χ0n) is 13.0. The monoisotopic (exact) mass is 300 g/mol. The van der Waals surface area contributed by atoms with Gasteiger partial charge in [-0.05, 0) is 33.8 Å². The molecule has 3 rings (SSSR count). The summed E-state index contributed by atoms with van der Waals surface area (Å²) in [7, 11) is -0.577. The zero-order chi connectivity index (χ0) is 16.0. The first kappa shape index (κ1) is 14.9. The van der Waals surface area contributed by atoms with Crippen LogP contribution in [0.4, 0.5) is 0 Å². The van der Waals surface area contributed by atoms with E-state index in [1.54, 1.807) is 12.3 Å². The molecule has 0 radical (unpaired) electrons. The molecule has 2 aromatic heterocycles. The Hall–Kier alpha value is -2.06. The van der Waals surface area contributed by atoms with E-state index in [2.05, 4.69) is 15.1 Å². The van der Waals surface area contributed by atoms with Crippen LogP contribution in [0, 0.1) is 0 Å². The molecule has 0 amide bonds. The Morgan fingerprint density at radius 2 is 1.77 bits per heavy atom. The molecule has 0 N–H and O–H groups in total. The first-order valence-corrected chi connectivity index (χ1v) is 7.02. The average molecular weight is 300 g/mol. The molecule has 7 nitrogen and oxygen atoms in total. The lowest BCUT2D eigenvalue weighted by atomic mass is 9.85. The van der Waals surface area contributed by atoms with Crippen LogP contribution < -0.4 is 11.2 Å². The highest BCUT2D eigenvalue weighted by molar-refractivity contribution is 6.61. The summed E-state index contributed by atoms with van der Waals surface area (Å²) in [5, 5.41) is 3.96. The highest BCUT2D eigenvalue weighted by Gasteiger charge is 2.52. The van der Waals surface area contributed by atoms with Gasteiger partial charge in [0.2, 0.25) is 0 Å². The number of aromatic nitrogens is 4. The predicted octanol–water partition coefficient (Wildman–Crippen LogP) is 0.322. The molecule has 0 unspecified atom stereocenters. The van der Waals surface area contributed by atoms with Crippen molar-refractivity contribution < 1.29 is 9.31 Å². The summed E-state index contributed by atoms with van der Waals surface area (Å²) < 4.78 is 13.0. The molecule has 0 saturated carbocycles. The molecule has 0 spiro atoms. The molecule has 2 aromatic rings. The second-order valence-corrected chi connectivity index (χ2v) is 6.16. The largest absolute Gasteiger partial charge is 0.516 e. The SMILES string of the molecule is CC1(C)OB(c2cnc(-n3ncccc3=O)cn2)OC1(C)C. The molecular weight excluding hydrogens is 283 g/mol. The van der Waals surface area contributed by atoms with E-state index >= 15 is 0 Å². The third kappa shape index (κ3) is 2.44.